The van der Waals surface area contributed by atoms with Crippen molar-refractivity contribution in [2.45, 2.75) is 116 Å². The van der Waals surface area contributed by atoms with E-state index < -0.39 is 0 Å². The van der Waals surface area contributed by atoms with Crippen LogP contribution < -0.4 is 0 Å². The van der Waals surface area contributed by atoms with Gasteiger partial charge < -0.3 is 4.57 Å². The normalized spacial score (nSPS) is 11.2. The molecule has 1 aromatic rings. The first kappa shape index (κ1) is 20.3. The van der Waals surface area contributed by atoms with Crippen LogP contribution in [0.2, 0.25) is 0 Å². The standard InChI is InChI=1S/C22H41N/c1-2-3-4-5-6-7-8-9-10-11-12-13-14-15-16-17-20-23-21-18-19-22-23/h18-19,21-22H,2-17,20H2,1H3. The number of nitrogens with zero attached hydrogens (tertiary/aromatic N) is 1. The van der Waals surface area contributed by atoms with Crippen molar-refractivity contribution in [1.82, 2.24) is 4.57 Å². The van der Waals surface area contributed by atoms with Crippen molar-refractivity contribution in [3.05, 3.63) is 24.5 Å². The first-order valence-electron chi connectivity index (χ1n) is 10.5. The Morgan fingerprint density at radius 3 is 1.22 bits per heavy atom. The van der Waals surface area contributed by atoms with Crippen LogP contribution in [-0.2, 0) is 6.54 Å². The van der Waals surface area contributed by atoms with Crippen molar-refractivity contribution < 1.29 is 0 Å². The third kappa shape index (κ3) is 13.4. The van der Waals surface area contributed by atoms with Gasteiger partial charge in [0, 0.05) is 18.9 Å². The van der Waals surface area contributed by atoms with Gasteiger partial charge >= 0.3 is 0 Å². The minimum Gasteiger partial charge on any atom is -0.354 e. The molecule has 0 amide bonds. The first-order chi connectivity index (χ1) is 11.4. The highest BCUT2D eigenvalue weighted by Gasteiger charge is 1.95. The van der Waals surface area contributed by atoms with E-state index in [1.807, 2.05) is 0 Å². The molecule has 1 nitrogen and oxygen atoms in total. The predicted octanol–water partition coefficient (Wildman–Crippen LogP) is 7.75. The van der Waals surface area contributed by atoms with Crippen LogP contribution in [0.15, 0.2) is 24.5 Å². The Morgan fingerprint density at radius 1 is 0.478 bits per heavy atom. The lowest BCUT2D eigenvalue weighted by Crippen LogP contribution is -1.93. The van der Waals surface area contributed by atoms with E-state index in [1.165, 1.54) is 109 Å². The molecule has 0 bridgehead atoms. The Kier molecular flexibility index (Phi) is 14.3. The zero-order valence-corrected chi connectivity index (χ0v) is 15.8. The first-order valence-corrected chi connectivity index (χ1v) is 10.5. The number of hydrogen-bond acceptors (Lipinski definition) is 0. The van der Waals surface area contributed by atoms with E-state index in [4.69, 9.17) is 0 Å². The van der Waals surface area contributed by atoms with Gasteiger partial charge in [0.1, 0.15) is 0 Å². The molecule has 0 aliphatic carbocycles. The van der Waals surface area contributed by atoms with Crippen LogP contribution in [0.25, 0.3) is 0 Å². The second kappa shape index (κ2) is 16.1. The van der Waals surface area contributed by atoms with E-state index in [2.05, 4.69) is 36.0 Å². The maximum absolute atomic E-state index is 2.30. The molecule has 0 saturated heterocycles. The van der Waals surface area contributed by atoms with E-state index >= 15 is 0 Å². The molecule has 0 radical (unpaired) electrons. The van der Waals surface area contributed by atoms with E-state index in [0.29, 0.717) is 0 Å². The topological polar surface area (TPSA) is 4.93 Å². The second-order valence-electron chi connectivity index (χ2n) is 7.22. The van der Waals surface area contributed by atoms with E-state index in [1.54, 1.807) is 0 Å². The van der Waals surface area contributed by atoms with Crippen LogP contribution in [-0.4, -0.2) is 4.57 Å². The molecule has 0 saturated carbocycles. The molecule has 0 atom stereocenters. The Balaban J connectivity index is 1.67. The Bertz CT molecular complexity index is 315. The molecule has 1 aromatic heterocycles. The molecule has 0 aromatic carbocycles. The molecule has 0 N–H and O–H groups in total. The monoisotopic (exact) mass is 319 g/mol. The summed E-state index contributed by atoms with van der Waals surface area (Å²) in [6, 6.07) is 4.24. The number of unbranched alkanes of at least 4 members (excludes halogenated alkanes) is 15. The maximum atomic E-state index is 2.30. The highest BCUT2D eigenvalue weighted by molar-refractivity contribution is 4.89. The number of hydrogen-bond donors (Lipinski definition) is 0. The van der Waals surface area contributed by atoms with Crippen LogP contribution in [0, 0.1) is 0 Å². The van der Waals surface area contributed by atoms with E-state index in [-0.39, 0.29) is 0 Å². The van der Waals surface area contributed by atoms with Gasteiger partial charge in [0.15, 0.2) is 0 Å². The average molecular weight is 320 g/mol. The van der Waals surface area contributed by atoms with Gasteiger partial charge in [0.05, 0.1) is 0 Å². The molecule has 0 spiro atoms. The summed E-state index contributed by atoms with van der Waals surface area (Å²) < 4.78 is 2.30. The van der Waals surface area contributed by atoms with Crippen molar-refractivity contribution in [3.63, 3.8) is 0 Å². The largest absolute Gasteiger partial charge is 0.354 e. The molecule has 1 heterocycles. The highest BCUT2D eigenvalue weighted by Crippen LogP contribution is 2.13. The van der Waals surface area contributed by atoms with Gasteiger partial charge in [-0.25, -0.2) is 0 Å². The fraction of sp³-hybridized carbons (Fsp3) is 0.818. The fourth-order valence-electron chi connectivity index (χ4n) is 3.36. The second-order valence-corrected chi connectivity index (χ2v) is 7.22. The summed E-state index contributed by atoms with van der Waals surface area (Å²) in [5.74, 6) is 0. The van der Waals surface area contributed by atoms with Gasteiger partial charge in [-0.2, -0.15) is 0 Å². The maximum Gasteiger partial charge on any atom is 0.0219 e. The summed E-state index contributed by atoms with van der Waals surface area (Å²) in [5, 5.41) is 0. The van der Waals surface area contributed by atoms with Gasteiger partial charge in [-0.05, 0) is 18.6 Å². The summed E-state index contributed by atoms with van der Waals surface area (Å²) in [5.41, 5.74) is 0. The number of aryl methyl sites for hydroxylation is 1. The van der Waals surface area contributed by atoms with E-state index in [9.17, 15) is 0 Å². The molecule has 23 heavy (non-hydrogen) atoms. The van der Waals surface area contributed by atoms with Crippen molar-refractivity contribution >= 4 is 0 Å². The third-order valence-corrected chi connectivity index (χ3v) is 4.94. The number of rotatable bonds is 17. The third-order valence-electron chi connectivity index (χ3n) is 4.94. The summed E-state index contributed by atoms with van der Waals surface area (Å²) in [7, 11) is 0. The SMILES string of the molecule is CCCCCCCCCCCCCCCCCCn1cccc1. The lowest BCUT2D eigenvalue weighted by molar-refractivity contribution is 0.521. The highest BCUT2D eigenvalue weighted by atomic mass is 14.9. The average Bonchev–Trinajstić information content (AvgIpc) is 3.08. The zero-order valence-electron chi connectivity index (χ0n) is 15.8. The van der Waals surface area contributed by atoms with Crippen molar-refractivity contribution in [2.24, 2.45) is 0 Å². The summed E-state index contributed by atoms with van der Waals surface area (Å²) in [6.45, 7) is 3.50. The van der Waals surface area contributed by atoms with Crippen LogP contribution >= 0.6 is 0 Å². The lowest BCUT2D eigenvalue weighted by atomic mass is 10.0. The van der Waals surface area contributed by atoms with Crippen molar-refractivity contribution in [2.75, 3.05) is 0 Å². The predicted molar refractivity (Wildman–Crippen MR) is 104 cm³/mol. The van der Waals surface area contributed by atoms with Crippen LogP contribution in [0.5, 0.6) is 0 Å². The van der Waals surface area contributed by atoms with E-state index in [0.717, 1.165) is 0 Å². The molecule has 0 fully saturated rings. The summed E-state index contributed by atoms with van der Waals surface area (Å²) >= 11 is 0. The molecule has 0 aliphatic rings. The van der Waals surface area contributed by atoms with Gasteiger partial charge in [0.2, 0.25) is 0 Å². The van der Waals surface area contributed by atoms with Crippen LogP contribution in [0.1, 0.15) is 110 Å². The lowest BCUT2D eigenvalue weighted by Gasteiger charge is -2.04. The molecule has 0 unspecified atom stereocenters. The fourth-order valence-corrected chi connectivity index (χ4v) is 3.36. The Labute approximate surface area is 145 Å². The number of aromatic nitrogens is 1. The molecular formula is C22H41N. The summed E-state index contributed by atoms with van der Waals surface area (Å²) in [4.78, 5) is 0. The quantitative estimate of drug-likeness (QED) is 0.259. The van der Waals surface area contributed by atoms with Gasteiger partial charge in [0.25, 0.3) is 0 Å². The minimum atomic E-state index is 1.20. The van der Waals surface area contributed by atoms with Crippen LogP contribution in [0.3, 0.4) is 0 Å². The smallest absolute Gasteiger partial charge is 0.0219 e. The molecule has 0 aliphatic heterocycles. The molecule has 1 rings (SSSR count). The van der Waals surface area contributed by atoms with Crippen LogP contribution in [0.4, 0.5) is 0 Å². The van der Waals surface area contributed by atoms with Gasteiger partial charge in [-0.1, -0.05) is 103 Å². The van der Waals surface area contributed by atoms with Gasteiger partial charge in [-0.3, -0.25) is 0 Å². The Morgan fingerprint density at radius 2 is 0.826 bits per heavy atom. The van der Waals surface area contributed by atoms with Gasteiger partial charge in [-0.15, -0.1) is 0 Å². The van der Waals surface area contributed by atoms with Crippen molar-refractivity contribution in [3.8, 4) is 0 Å². The minimum absolute atomic E-state index is 1.20. The summed E-state index contributed by atoms with van der Waals surface area (Å²) in [6.07, 6.45) is 27.5. The zero-order chi connectivity index (χ0) is 16.4. The molecular weight excluding hydrogens is 278 g/mol. The Hall–Kier alpha value is -0.720. The molecule has 134 valence electrons. The molecule has 1 heteroatoms. The van der Waals surface area contributed by atoms with Crippen molar-refractivity contribution in [1.29, 1.82) is 0 Å².